The summed E-state index contributed by atoms with van der Waals surface area (Å²) in [5.41, 5.74) is 0.606. The van der Waals surface area contributed by atoms with Crippen molar-refractivity contribution in [2.75, 3.05) is 21.2 Å². The lowest BCUT2D eigenvalue weighted by Gasteiger charge is -2.07. The second kappa shape index (κ2) is 5.85. The number of methoxy groups -OCH3 is 1. The van der Waals surface area contributed by atoms with Gasteiger partial charge in [-0.3, -0.25) is 10.1 Å². The highest BCUT2D eigenvalue weighted by Crippen LogP contribution is 2.30. The molecule has 0 heterocycles. The normalized spacial score (nSPS) is 10.6. The summed E-state index contributed by atoms with van der Waals surface area (Å²) in [6.07, 6.45) is 3.45. The van der Waals surface area contributed by atoms with Crippen molar-refractivity contribution in [1.82, 2.24) is 4.90 Å². The maximum absolute atomic E-state index is 10.9. The van der Waals surface area contributed by atoms with Gasteiger partial charge in [0, 0.05) is 20.2 Å². The van der Waals surface area contributed by atoms with Crippen molar-refractivity contribution >= 4 is 34.4 Å². The Bertz CT molecular complexity index is 458. The highest BCUT2D eigenvalue weighted by Gasteiger charge is 2.15. The van der Waals surface area contributed by atoms with Crippen LogP contribution in [0, 0.1) is 13.7 Å². The molecule has 0 unspecified atom stereocenters. The number of hydrogen-bond donors (Lipinski definition) is 0. The molecule has 0 N–H and O–H groups in total. The lowest BCUT2D eigenvalue weighted by Crippen LogP contribution is -2.01. The van der Waals surface area contributed by atoms with E-state index in [1.165, 1.54) is 6.07 Å². The molecule has 0 saturated carbocycles. The molecule has 0 fully saturated rings. The van der Waals surface area contributed by atoms with E-state index in [0.29, 0.717) is 11.3 Å². The van der Waals surface area contributed by atoms with E-state index < -0.39 is 4.92 Å². The van der Waals surface area contributed by atoms with Crippen LogP contribution in [0.4, 0.5) is 5.69 Å². The first kappa shape index (κ1) is 13.8. The maximum Gasteiger partial charge on any atom is 0.277 e. The van der Waals surface area contributed by atoms with Gasteiger partial charge in [-0.2, -0.15) is 0 Å². The predicted molar refractivity (Wildman–Crippen MR) is 75.1 cm³/mol. The quantitative estimate of drug-likeness (QED) is 0.477. The van der Waals surface area contributed by atoms with E-state index in [2.05, 4.69) is 0 Å². The summed E-state index contributed by atoms with van der Waals surface area (Å²) < 4.78 is 5.87. The fourth-order valence-corrected chi connectivity index (χ4v) is 1.91. The van der Waals surface area contributed by atoms with Crippen LogP contribution in [0.5, 0.6) is 5.75 Å². The van der Waals surface area contributed by atoms with Crippen LogP contribution in [0.3, 0.4) is 0 Å². The van der Waals surface area contributed by atoms with Crippen molar-refractivity contribution in [2.24, 2.45) is 0 Å². The van der Waals surface area contributed by atoms with Gasteiger partial charge in [0.1, 0.15) is 5.75 Å². The van der Waals surface area contributed by atoms with Crippen LogP contribution in [-0.2, 0) is 0 Å². The Morgan fingerprint density at radius 3 is 2.59 bits per heavy atom. The van der Waals surface area contributed by atoms with Gasteiger partial charge in [0.15, 0.2) is 0 Å². The minimum absolute atomic E-state index is 0.0771. The molecule has 0 aromatic heterocycles. The van der Waals surface area contributed by atoms with E-state index in [9.17, 15) is 10.1 Å². The monoisotopic (exact) mass is 348 g/mol. The summed E-state index contributed by atoms with van der Waals surface area (Å²) in [4.78, 5) is 12.4. The number of halogens is 1. The molecule has 92 valence electrons. The van der Waals surface area contributed by atoms with Crippen LogP contribution < -0.4 is 4.74 Å². The van der Waals surface area contributed by atoms with Gasteiger partial charge in [0.25, 0.3) is 5.69 Å². The Labute approximate surface area is 113 Å². The lowest BCUT2D eigenvalue weighted by molar-refractivity contribution is -0.385. The van der Waals surface area contributed by atoms with Crippen molar-refractivity contribution in [1.29, 1.82) is 0 Å². The molecule has 0 aliphatic carbocycles. The molecule has 5 nitrogen and oxygen atoms in total. The van der Waals surface area contributed by atoms with Crippen molar-refractivity contribution < 1.29 is 9.66 Å². The van der Waals surface area contributed by atoms with Crippen LogP contribution in [0.15, 0.2) is 18.3 Å². The van der Waals surface area contributed by atoms with Gasteiger partial charge in [-0.1, -0.05) is 0 Å². The highest BCUT2D eigenvalue weighted by atomic mass is 127. The van der Waals surface area contributed by atoms with Gasteiger partial charge in [-0.15, -0.1) is 0 Å². The Kier molecular flexibility index (Phi) is 4.73. The summed E-state index contributed by atoms with van der Waals surface area (Å²) in [5.74, 6) is 0.634. The molecule has 17 heavy (non-hydrogen) atoms. The number of nitro benzene ring substituents is 1. The summed E-state index contributed by atoms with van der Waals surface area (Å²) in [5, 5.41) is 10.9. The van der Waals surface area contributed by atoms with E-state index in [1.807, 2.05) is 41.6 Å². The zero-order valence-corrected chi connectivity index (χ0v) is 12.0. The summed E-state index contributed by atoms with van der Waals surface area (Å²) in [7, 11) is 5.25. The second-order valence-electron chi connectivity index (χ2n) is 3.58. The molecular formula is C11H13IN2O3. The third-order valence-electron chi connectivity index (χ3n) is 2.05. The summed E-state index contributed by atoms with van der Waals surface area (Å²) in [6, 6.07) is 3.18. The minimum atomic E-state index is -0.392. The average Bonchev–Trinajstić information content (AvgIpc) is 2.26. The predicted octanol–water partition coefficient (Wildman–Crippen LogP) is 2.74. The molecule has 0 radical (unpaired) electrons. The number of nitro groups is 1. The first-order valence-electron chi connectivity index (χ1n) is 4.82. The van der Waals surface area contributed by atoms with Gasteiger partial charge >= 0.3 is 0 Å². The Hall–Kier alpha value is -1.31. The van der Waals surface area contributed by atoms with E-state index in [1.54, 1.807) is 25.5 Å². The summed E-state index contributed by atoms with van der Waals surface area (Å²) >= 11 is 2.01. The molecule has 1 aromatic rings. The molecule has 0 bridgehead atoms. The van der Waals surface area contributed by atoms with Gasteiger partial charge in [0.05, 0.1) is 21.2 Å². The number of benzene rings is 1. The fraction of sp³-hybridized carbons (Fsp3) is 0.273. The molecule has 0 saturated heterocycles. The largest absolute Gasteiger partial charge is 0.496 e. The van der Waals surface area contributed by atoms with Gasteiger partial charge in [-0.25, -0.2) is 0 Å². The molecule has 0 atom stereocenters. The van der Waals surface area contributed by atoms with Crippen LogP contribution in [-0.4, -0.2) is 31.0 Å². The molecule has 0 spiro atoms. The zero-order chi connectivity index (χ0) is 13.0. The Morgan fingerprint density at radius 1 is 1.47 bits per heavy atom. The van der Waals surface area contributed by atoms with Crippen LogP contribution in [0.25, 0.3) is 6.08 Å². The highest BCUT2D eigenvalue weighted by molar-refractivity contribution is 14.1. The van der Waals surface area contributed by atoms with E-state index in [4.69, 9.17) is 4.74 Å². The van der Waals surface area contributed by atoms with Crippen molar-refractivity contribution in [3.8, 4) is 5.75 Å². The number of nitrogens with zero attached hydrogens (tertiary/aromatic N) is 2. The van der Waals surface area contributed by atoms with E-state index >= 15 is 0 Å². The van der Waals surface area contributed by atoms with Crippen LogP contribution >= 0.6 is 22.6 Å². The molecular weight excluding hydrogens is 335 g/mol. The first-order chi connectivity index (χ1) is 7.95. The smallest absolute Gasteiger partial charge is 0.277 e. The van der Waals surface area contributed by atoms with Crippen molar-refractivity contribution in [3.63, 3.8) is 0 Å². The third-order valence-corrected chi connectivity index (χ3v) is 2.89. The third kappa shape index (κ3) is 3.58. The molecule has 0 amide bonds. The number of ether oxygens (including phenoxy) is 1. The van der Waals surface area contributed by atoms with Gasteiger partial charge in [-0.05, 0) is 40.9 Å². The Balaban J connectivity index is 3.29. The molecule has 1 rings (SSSR count). The number of rotatable bonds is 4. The van der Waals surface area contributed by atoms with E-state index in [0.717, 1.165) is 3.57 Å². The summed E-state index contributed by atoms with van der Waals surface area (Å²) in [6.45, 7) is 0. The van der Waals surface area contributed by atoms with Crippen LogP contribution in [0.2, 0.25) is 0 Å². The maximum atomic E-state index is 10.9. The first-order valence-corrected chi connectivity index (χ1v) is 5.90. The fourth-order valence-electron chi connectivity index (χ4n) is 1.24. The van der Waals surface area contributed by atoms with Gasteiger partial charge in [0.2, 0.25) is 0 Å². The van der Waals surface area contributed by atoms with Crippen molar-refractivity contribution in [2.45, 2.75) is 0 Å². The molecule has 0 aliphatic rings. The lowest BCUT2D eigenvalue weighted by atomic mass is 10.1. The topological polar surface area (TPSA) is 55.6 Å². The zero-order valence-electron chi connectivity index (χ0n) is 9.81. The Morgan fingerprint density at radius 2 is 2.12 bits per heavy atom. The van der Waals surface area contributed by atoms with Gasteiger partial charge < -0.3 is 9.64 Å². The SMILES string of the molecule is COc1cc(/C=C/N(C)C)c([N+](=O)[O-])cc1I. The van der Waals surface area contributed by atoms with Crippen LogP contribution in [0.1, 0.15) is 5.56 Å². The second-order valence-corrected chi connectivity index (χ2v) is 4.74. The standard InChI is InChI=1S/C11H13IN2O3/c1-13(2)5-4-8-6-11(17-3)9(12)7-10(8)14(15)16/h4-7H,1-3H3/b5-4+. The molecule has 0 aliphatic heterocycles. The molecule has 1 aromatic carbocycles. The molecule has 6 heteroatoms. The average molecular weight is 348 g/mol. The number of hydrogen-bond acceptors (Lipinski definition) is 4. The minimum Gasteiger partial charge on any atom is -0.496 e. The van der Waals surface area contributed by atoms with Crippen molar-refractivity contribution in [3.05, 3.63) is 37.6 Å². The van der Waals surface area contributed by atoms with E-state index in [-0.39, 0.29) is 5.69 Å².